The van der Waals surface area contributed by atoms with Crippen molar-refractivity contribution in [3.63, 3.8) is 0 Å². The van der Waals surface area contributed by atoms with Gasteiger partial charge in [-0.05, 0) is 19.1 Å². The Morgan fingerprint density at radius 2 is 2.14 bits per heavy atom. The van der Waals surface area contributed by atoms with Crippen LogP contribution in [0.15, 0.2) is 36.7 Å². The summed E-state index contributed by atoms with van der Waals surface area (Å²) in [5.41, 5.74) is 1.74. The Kier molecular flexibility index (Phi) is 3.60. The van der Waals surface area contributed by atoms with E-state index in [1.807, 2.05) is 35.8 Å². The number of benzene rings is 1. The van der Waals surface area contributed by atoms with Gasteiger partial charge in [-0.3, -0.25) is 14.8 Å². The van der Waals surface area contributed by atoms with E-state index in [0.29, 0.717) is 6.54 Å². The van der Waals surface area contributed by atoms with Gasteiger partial charge in [-0.2, -0.15) is 5.10 Å². The third kappa shape index (κ3) is 2.68. The second-order valence-corrected chi connectivity index (χ2v) is 5.09. The topological polar surface area (TPSA) is 99.0 Å². The van der Waals surface area contributed by atoms with Crippen LogP contribution in [0.25, 0.3) is 11.0 Å². The lowest BCUT2D eigenvalue weighted by Gasteiger charge is -2.13. The smallest absolute Gasteiger partial charge is 0.306 e. The lowest BCUT2D eigenvalue weighted by atomic mass is 10.3. The van der Waals surface area contributed by atoms with E-state index in [1.54, 1.807) is 0 Å². The zero-order valence-electron chi connectivity index (χ0n) is 12.0. The highest BCUT2D eigenvalue weighted by Gasteiger charge is 2.14. The largest absolute Gasteiger partial charge is 0.389 e. The van der Waals surface area contributed by atoms with E-state index in [1.165, 1.54) is 17.1 Å². The highest BCUT2D eigenvalue weighted by molar-refractivity contribution is 5.75. The van der Waals surface area contributed by atoms with Crippen molar-refractivity contribution in [1.82, 2.24) is 19.3 Å². The van der Waals surface area contributed by atoms with Gasteiger partial charge in [0.15, 0.2) is 0 Å². The first kappa shape index (κ1) is 14.2. The molecular weight excluding hydrogens is 286 g/mol. The van der Waals surface area contributed by atoms with Gasteiger partial charge in [0.25, 0.3) is 0 Å². The number of aliphatic hydroxyl groups excluding tert-OH is 1. The lowest BCUT2D eigenvalue weighted by Crippen LogP contribution is -2.23. The van der Waals surface area contributed by atoms with E-state index in [4.69, 9.17) is 0 Å². The fraction of sp³-hybridized carbons (Fsp3) is 0.286. The molecule has 2 aromatic heterocycles. The molecule has 1 unspecified atom stereocenters. The van der Waals surface area contributed by atoms with Crippen LogP contribution in [0.1, 0.15) is 5.82 Å². The van der Waals surface area contributed by atoms with Crippen molar-refractivity contribution in [2.75, 3.05) is 0 Å². The van der Waals surface area contributed by atoms with Crippen molar-refractivity contribution >= 4 is 16.7 Å². The summed E-state index contributed by atoms with van der Waals surface area (Å²) in [4.78, 5) is 14.6. The molecule has 8 heteroatoms. The standard InChI is InChI=1S/C14H15N5O3/c1-10-16-13-4-2-3-5-14(13)18(10)9-12(20)8-17-7-11(6-15-17)19(21)22/h2-7,12,20H,8-9H2,1H3. The number of hydrogen-bond donors (Lipinski definition) is 1. The van der Waals surface area contributed by atoms with E-state index in [-0.39, 0.29) is 12.2 Å². The summed E-state index contributed by atoms with van der Waals surface area (Å²) in [5, 5.41) is 24.7. The molecule has 1 aromatic carbocycles. The zero-order chi connectivity index (χ0) is 15.7. The molecule has 1 atom stereocenters. The number of nitro groups is 1. The monoisotopic (exact) mass is 301 g/mol. The second-order valence-electron chi connectivity index (χ2n) is 5.09. The Balaban J connectivity index is 1.76. The molecule has 1 N–H and O–H groups in total. The molecular formula is C14H15N5O3. The normalized spacial score (nSPS) is 12.6. The number of fused-ring (bicyclic) bond motifs is 1. The number of aliphatic hydroxyl groups is 1. The maximum absolute atomic E-state index is 10.6. The van der Waals surface area contributed by atoms with Crippen molar-refractivity contribution in [3.05, 3.63) is 52.6 Å². The molecule has 0 aliphatic rings. The molecule has 3 rings (SSSR count). The SMILES string of the molecule is Cc1nc2ccccc2n1CC(O)Cn1cc([N+](=O)[O-])cn1. The molecule has 0 fully saturated rings. The number of aryl methyl sites for hydroxylation is 1. The first-order valence-corrected chi connectivity index (χ1v) is 6.81. The lowest BCUT2D eigenvalue weighted by molar-refractivity contribution is -0.385. The number of imidazole rings is 1. The van der Waals surface area contributed by atoms with Gasteiger partial charge in [0.1, 0.15) is 18.2 Å². The van der Waals surface area contributed by atoms with E-state index in [9.17, 15) is 15.2 Å². The molecule has 0 aliphatic heterocycles. The van der Waals surface area contributed by atoms with Crippen molar-refractivity contribution in [2.24, 2.45) is 0 Å². The van der Waals surface area contributed by atoms with Gasteiger partial charge in [0.2, 0.25) is 0 Å². The summed E-state index contributed by atoms with van der Waals surface area (Å²) in [6, 6.07) is 7.70. The second kappa shape index (κ2) is 5.57. The number of nitrogens with zero attached hydrogens (tertiary/aromatic N) is 5. The van der Waals surface area contributed by atoms with Crippen LogP contribution >= 0.6 is 0 Å². The van der Waals surface area contributed by atoms with Gasteiger partial charge in [-0.1, -0.05) is 12.1 Å². The average molecular weight is 301 g/mol. The van der Waals surface area contributed by atoms with Crippen LogP contribution in [-0.2, 0) is 13.1 Å². The van der Waals surface area contributed by atoms with E-state index in [0.717, 1.165) is 16.9 Å². The third-order valence-electron chi connectivity index (χ3n) is 3.47. The van der Waals surface area contributed by atoms with Crippen LogP contribution < -0.4 is 0 Å². The van der Waals surface area contributed by atoms with Gasteiger partial charge >= 0.3 is 5.69 Å². The molecule has 114 valence electrons. The summed E-state index contributed by atoms with van der Waals surface area (Å²) >= 11 is 0. The quantitative estimate of drug-likeness (QED) is 0.569. The van der Waals surface area contributed by atoms with Gasteiger partial charge in [-0.25, -0.2) is 4.98 Å². The number of para-hydroxylation sites is 2. The molecule has 8 nitrogen and oxygen atoms in total. The van der Waals surface area contributed by atoms with Crippen molar-refractivity contribution < 1.29 is 10.0 Å². The van der Waals surface area contributed by atoms with Gasteiger partial charge in [0, 0.05) is 0 Å². The Bertz CT molecular complexity index is 823. The van der Waals surface area contributed by atoms with Gasteiger partial charge in [0.05, 0.1) is 35.2 Å². The number of aromatic nitrogens is 4. The fourth-order valence-corrected chi connectivity index (χ4v) is 2.46. The molecule has 2 heterocycles. The molecule has 0 saturated heterocycles. The maximum Gasteiger partial charge on any atom is 0.306 e. The molecule has 0 saturated carbocycles. The predicted octanol–water partition coefficient (Wildman–Crippen LogP) is 1.51. The van der Waals surface area contributed by atoms with E-state index in [2.05, 4.69) is 10.1 Å². The van der Waals surface area contributed by atoms with Crippen molar-refractivity contribution in [1.29, 1.82) is 0 Å². The minimum absolute atomic E-state index is 0.0866. The van der Waals surface area contributed by atoms with Crippen LogP contribution in [-0.4, -0.2) is 35.5 Å². The van der Waals surface area contributed by atoms with Gasteiger partial charge in [-0.15, -0.1) is 0 Å². The summed E-state index contributed by atoms with van der Waals surface area (Å²) in [6.07, 6.45) is 1.75. The maximum atomic E-state index is 10.6. The summed E-state index contributed by atoms with van der Waals surface area (Å²) in [6.45, 7) is 2.41. The molecule has 0 amide bonds. The highest BCUT2D eigenvalue weighted by atomic mass is 16.6. The number of rotatable bonds is 5. The van der Waals surface area contributed by atoms with Crippen LogP contribution in [0, 0.1) is 17.0 Å². The first-order chi connectivity index (χ1) is 10.5. The first-order valence-electron chi connectivity index (χ1n) is 6.81. The summed E-state index contributed by atoms with van der Waals surface area (Å²) < 4.78 is 3.30. The molecule has 0 bridgehead atoms. The van der Waals surface area contributed by atoms with Crippen LogP contribution in [0.5, 0.6) is 0 Å². The fourth-order valence-electron chi connectivity index (χ4n) is 2.46. The van der Waals surface area contributed by atoms with Crippen LogP contribution in [0.3, 0.4) is 0 Å². The third-order valence-corrected chi connectivity index (χ3v) is 3.47. The summed E-state index contributed by atoms with van der Waals surface area (Å²) in [7, 11) is 0. The average Bonchev–Trinajstić information content (AvgIpc) is 3.05. The molecule has 0 aliphatic carbocycles. The Morgan fingerprint density at radius 3 is 2.86 bits per heavy atom. The Hall–Kier alpha value is -2.74. The highest BCUT2D eigenvalue weighted by Crippen LogP contribution is 2.16. The van der Waals surface area contributed by atoms with E-state index >= 15 is 0 Å². The Labute approximate surface area is 125 Å². The molecule has 3 aromatic rings. The molecule has 0 radical (unpaired) electrons. The number of hydrogen-bond acceptors (Lipinski definition) is 5. The predicted molar refractivity (Wildman–Crippen MR) is 79.4 cm³/mol. The van der Waals surface area contributed by atoms with E-state index < -0.39 is 11.0 Å². The van der Waals surface area contributed by atoms with Crippen molar-refractivity contribution in [3.8, 4) is 0 Å². The minimum atomic E-state index is -0.726. The van der Waals surface area contributed by atoms with Gasteiger partial charge < -0.3 is 9.67 Å². The van der Waals surface area contributed by atoms with Crippen LogP contribution in [0.4, 0.5) is 5.69 Å². The van der Waals surface area contributed by atoms with Crippen molar-refractivity contribution in [2.45, 2.75) is 26.1 Å². The molecule has 0 spiro atoms. The zero-order valence-corrected chi connectivity index (χ0v) is 12.0. The summed E-state index contributed by atoms with van der Waals surface area (Å²) in [5.74, 6) is 0.812. The minimum Gasteiger partial charge on any atom is -0.389 e. The Morgan fingerprint density at radius 1 is 1.36 bits per heavy atom. The van der Waals surface area contributed by atoms with Crippen LogP contribution in [0.2, 0.25) is 0 Å². The molecule has 22 heavy (non-hydrogen) atoms.